The van der Waals surface area contributed by atoms with Crippen molar-refractivity contribution in [3.05, 3.63) is 36.0 Å². The van der Waals surface area contributed by atoms with Crippen molar-refractivity contribution in [3.8, 4) is 0 Å². The van der Waals surface area contributed by atoms with Gasteiger partial charge in [-0.2, -0.15) is 13.2 Å². The van der Waals surface area contributed by atoms with Crippen molar-refractivity contribution in [3.63, 3.8) is 0 Å². The normalized spacial score (nSPS) is 11.5. The monoisotopic (exact) mass is 314 g/mol. The van der Waals surface area contributed by atoms with E-state index >= 15 is 0 Å². The van der Waals surface area contributed by atoms with E-state index < -0.39 is 18.6 Å². The van der Waals surface area contributed by atoms with Gasteiger partial charge in [0.25, 0.3) is 5.91 Å². The maximum Gasteiger partial charge on any atom is 0.406 e. The number of primary amides is 1. The number of hydrogen-bond donors (Lipinski definition) is 1. The zero-order valence-corrected chi connectivity index (χ0v) is 11.6. The second-order valence-corrected chi connectivity index (χ2v) is 4.58. The van der Waals surface area contributed by atoms with E-state index in [2.05, 4.69) is 15.2 Å². The van der Waals surface area contributed by atoms with E-state index in [4.69, 9.17) is 5.73 Å². The number of imidazole rings is 1. The molecule has 0 saturated heterocycles. The Morgan fingerprint density at radius 3 is 2.64 bits per heavy atom. The van der Waals surface area contributed by atoms with Crippen molar-refractivity contribution in [2.24, 2.45) is 5.73 Å². The number of carbonyl (C=O) groups is 1. The summed E-state index contributed by atoms with van der Waals surface area (Å²) in [4.78, 5) is 16.4. The highest BCUT2D eigenvalue weighted by atomic mass is 19.4. The maximum absolute atomic E-state index is 12.5. The summed E-state index contributed by atoms with van der Waals surface area (Å²) < 4.78 is 38.4. The zero-order chi connectivity index (χ0) is 16.3. The Kier molecular flexibility index (Phi) is 4.29. The van der Waals surface area contributed by atoms with Crippen LogP contribution in [0.5, 0.6) is 0 Å². The summed E-state index contributed by atoms with van der Waals surface area (Å²) in [5.41, 5.74) is 5.06. The van der Waals surface area contributed by atoms with E-state index in [9.17, 15) is 18.0 Å². The summed E-state index contributed by atoms with van der Waals surface area (Å²) in [6, 6.07) is 2.90. The van der Waals surface area contributed by atoms with Crippen LogP contribution in [0.15, 0.2) is 24.5 Å². The van der Waals surface area contributed by atoms with Crippen LogP contribution in [0.2, 0.25) is 0 Å². The average molecular weight is 314 g/mol. The number of halogens is 3. The number of amides is 1. The number of carbonyl (C=O) groups excluding carboxylic acids is 1. The first-order valence-corrected chi connectivity index (χ1v) is 6.17. The Hall–Kier alpha value is -2.65. The van der Waals surface area contributed by atoms with Gasteiger partial charge in [0.1, 0.15) is 12.4 Å². The van der Waals surface area contributed by atoms with Gasteiger partial charge in [-0.15, -0.1) is 10.2 Å². The highest BCUT2D eigenvalue weighted by Crippen LogP contribution is 2.19. The van der Waals surface area contributed by atoms with Crippen molar-refractivity contribution in [1.29, 1.82) is 0 Å². The number of anilines is 1. The molecule has 2 aromatic rings. The summed E-state index contributed by atoms with van der Waals surface area (Å²) in [6.07, 6.45) is -1.76. The van der Waals surface area contributed by atoms with E-state index in [-0.39, 0.29) is 18.1 Å². The van der Waals surface area contributed by atoms with Gasteiger partial charge in [-0.25, -0.2) is 4.98 Å². The van der Waals surface area contributed by atoms with Crippen molar-refractivity contribution in [2.45, 2.75) is 19.3 Å². The molecule has 0 unspecified atom stereocenters. The highest BCUT2D eigenvalue weighted by molar-refractivity contribution is 5.90. The Labute approximate surface area is 123 Å². The van der Waals surface area contributed by atoms with Crippen molar-refractivity contribution in [1.82, 2.24) is 19.7 Å². The molecule has 1 amide bonds. The number of nitrogens with two attached hydrogens (primary N) is 1. The molecule has 0 radical (unpaired) electrons. The summed E-state index contributed by atoms with van der Waals surface area (Å²) in [7, 11) is 1.63. The van der Waals surface area contributed by atoms with E-state index in [1.54, 1.807) is 11.9 Å². The molecule has 2 heterocycles. The molecule has 22 heavy (non-hydrogen) atoms. The lowest BCUT2D eigenvalue weighted by Gasteiger charge is -2.18. The molecule has 7 nitrogen and oxygen atoms in total. The third-order valence-corrected chi connectivity index (χ3v) is 2.82. The molecule has 0 spiro atoms. The van der Waals surface area contributed by atoms with E-state index in [0.717, 1.165) is 4.57 Å². The first-order valence-electron chi connectivity index (χ1n) is 6.17. The Morgan fingerprint density at radius 1 is 1.36 bits per heavy atom. The van der Waals surface area contributed by atoms with Crippen LogP contribution in [0.4, 0.5) is 19.0 Å². The van der Waals surface area contributed by atoms with E-state index in [0.29, 0.717) is 5.82 Å². The van der Waals surface area contributed by atoms with Crippen LogP contribution >= 0.6 is 0 Å². The van der Waals surface area contributed by atoms with Gasteiger partial charge in [-0.3, -0.25) is 4.79 Å². The average Bonchev–Trinajstić information content (AvgIpc) is 2.84. The summed E-state index contributed by atoms with van der Waals surface area (Å²) in [5, 5.41) is 7.44. The molecule has 0 aliphatic heterocycles. The van der Waals surface area contributed by atoms with Crippen LogP contribution in [0, 0.1) is 0 Å². The minimum absolute atomic E-state index is 0.00993. The minimum Gasteiger partial charge on any atom is -0.364 e. The van der Waals surface area contributed by atoms with Gasteiger partial charge in [0.2, 0.25) is 0 Å². The largest absolute Gasteiger partial charge is 0.406 e. The topological polar surface area (TPSA) is 89.9 Å². The number of rotatable bonds is 5. The first kappa shape index (κ1) is 15.7. The van der Waals surface area contributed by atoms with E-state index in [1.807, 2.05) is 0 Å². The van der Waals surface area contributed by atoms with Crippen molar-refractivity contribution >= 4 is 11.7 Å². The highest BCUT2D eigenvalue weighted by Gasteiger charge is 2.29. The molecule has 10 heteroatoms. The summed E-state index contributed by atoms with van der Waals surface area (Å²) in [5.74, 6) is -0.0883. The van der Waals surface area contributed by atoms with Crippen LogP contribution in [0.1, 0.15) is 16.3 Å². The quantitative estimate of drug-likeness (QED) is 0.888. The van der Waals surface area contributed by atoms with Crippen molar-refractivity contribution in [2.75, 3.05) is 11.9 Å². The second kappa shape index (κ2) is 6.00. The standard InChI is InChI=1S/C12H13F3N6O/c1-20(9-3-2-8(11(16)22)18-19-9)6-10-17-4-5-21(10)7-12(13,14)15/h2-5H,6-7H2,1H3,(H2,16,22). The molecule has 0 aliphatic carbocycles. The van der Waals surface area contributed by atoms with Gasteiger partial charge in [0.05, 0.1) is 6.54 Å². The first-order chi connectivity index (χ1) is 10.3. The Bertz CT molecular complexity index is 652. The molecule has 0 bridgehead atoms. The smallest absolute Gasteiger partial charge is 0.364 e. The molecule has 0 aliphatic rings. The lowest BCUT2D eigenvalue weighted by atomic mass is 10.3. The third-order valence-electron chi connectivity index (χ3n) is 2.82. The lowest BCUT2D eigenvalue weighted by molar-refractivity contribution is -0.141. The third kappa shape index (κ3) is 3.93. The number of hydrogen-bond acceptors (Lipinski definition) is 5. The van der Waals surface area contributed by atoms with Crippen LogP contribution < -0.4 is 10.6 Å². The number of alkyl halides is 3. The van der Waals surface area contributed by atoms with Crippen LogP contribution in [-0.4, -0.2) is 38.9 Å². The molecule has 0 aromatic carbocycles. The SMILES string of the molecule is CN(Cc1nccn1CC(F)(F)F)c1ccc(C(N)=O)nn1. The molecule has 0 saturated carbocycles. The van der Waals surface area contributed by atoms with Gasteiger partial charge in [-0.1, -0.05) is 0 Å². The minimum atomic E-state index is -4.32. The van der Waals surface area contributed by atoms with Crippen LogP contribution in [0.3, 0.4) is 0 Å². The van der Waals surface area contributed by atoms with Crippen molar-refractivity contribution < 1.29 is 18.0 Å². The van der Waals surface area contributed by atoms with Gasteiger partial charge in [0, 0.05) is 19.4 Å². The second-order valence-electron chi connectivity index (χ2n) is 4.58. The molecule has 0 fully saturated rings. The predicted molar refractivity (Wildman–Crippen MR) is 70.9 cm³/mol. The summed E-state index contributed by atoms with van der Waals surface area (Å²) in [6.45, 7) is -1.00. The van der Waals surface area contributed by atoms with E-state index in [1.165, 1.54) is 24.5 Å². The Morgan fingerprint density at radius 2 is 2.09 bits per heavy atom. The number of aromatic nitrogens is 4. The molecular formula is C12H13F3N6O. The van der Waals surface area contributed by atoms with Crippen LogP contribution in [-0.2, 0) is 13.1 Å². The molecule has 118 valence electrons. The molecule has 0 atom stereocenters. The molecular weight excluding hydrogens is 301 g/mol. The lowest BCUT2D eigenvalue weighted by Crippen LogP contribution is -2.24. The van der Waals surface area contributed by atoms with Gasteiger partial charge in [-0.05, 0) is 12.1 Å². The van der Waals surface area contributed by atoms with Crippen LogP contribution in [0.25, 0.3) is 0 Å². The molecule has 2 rings (SSSR count). The summed E-state index contributed by atoms with van der Waals surface area (Å²) >= 11 is 0. The van der Waals surface area contributed by atoms with Gasteiger partial charge < -0.3 is 15.2 Å². The molecule has 2 N–H and O–H groups in total. The number of nitrogens with zero attached hydrogens (tertiary/aromatic N) is 5. The fourth-order valence-corrected chi connectivity index (χ4v) is 1.78. The predicted octanol–water partition coefficient (Wildman–Crippen LogP) is 0.971. The zero-order valence-electron chi connectivity index (χ0n) is 11.6. The molecule has 2 aromatic heterocycles. The fourth-order valence-electron chi connectivity index (χ4n) is 1.78. The van der Waals surface area contributed by atoms with Gasteiger partial charge >= 0.3 is 6.18 Å². The fraction of sp³-hybridized carbons (Fsp3) is 0.333. The maximum atomic E-state index is 12.5. The Balaban J connectivity index is 2.10. The van der Waals surface area contributed by atoms with Gasteiger partial charge in [0.15, 0.2) is 11.5 Å².